The summed E-state index contributed by atoms with van der Waals surface area (Å²) in [5.74, 6) is 0. The number of halogens is 2. The van der Waals surface area contributed by atoms with Gasteiger partial charge in [0.25, 0.3) is 0 Å². The molecule has 3 rings (SSSR count). The Hall–Kier alpha value is -1.04. The molecule has 92 valence electrons. The standard InChI is InChI=1S/C12H9BrClN3S/c13-11-9(14)2-1-3-10(11)15-6-8-7-17-4-5-18-12(17)16-8/h1-5,7,15H,6H2. The van der Waals surface area contributed by atoms with E-state index in [1.54, 1.807) is 11.3 Å². The Kier molecular flexibility index (Phi) is 3.28. The van der Waals surface area contributed by atoms with Crippen molar-refractivity contribution in [1.29, 1.82) is 0 Å². The number of anilines is 1. The number of rotatable bonds is 3. The summed E-state index contributed by atoms with van der Waals surface area (Å²) in [6, 6.07) is 5.75. The van der Waals surface area contributed by atoms with Crippen LogP contribution in [0.5, 0.6) is 0 Å². The molecule has 0 aliphatic rings. The second-order valence-corrected chi connectivity index (χ2v) is 5.85. The van der Waals surface area contributed by atoms with Crippen molar-refractivity contribution >= 4 is 49.5 Å². The van der Waals surface area contributed by atoms with Gasteiger partial charge in [0.05, 0.1) is 27.4 Å². The topological polar surface area (TPSA) is 29.3 Å². The van der Waals surface area contributed by atoms with E-state index in [2.05, 4.69) is 26.2 Å². The summed E-state index contributed by atoms with van der Waals surface area (Å²) in [6.07, 6.45) is 4.03. The summed E-state index contributed by atoms with van der Waals surface area (Å²) in [5, 5.41) is 6.04. The van der Waals surface area contributed by atoms with Crippen molar-refractivity contribution in [2.75, 3.05) is 5.32 Å². The molecule has 0 fully saturated rings. The van der Waals surface area contributed by atoms with Crippen LogP contribution < -0.4 is 5.32 Å². The van der Waals surface area contributed by atoms with E-state index in [-0.39, 0.29) is 0 Å². The van der Waals surface area contributed by atoms with E-state index in [9.17, 15) is 0 Å². The van der Waals surface area contributed by atoms with Gasteiger partial charge in [0.15, 0.2) is 4.96 Å². The molecule has 0 radical (unpaired) electrons. The smallest absolute Gasteiger partial charge is 0.193 e. The van der Waals surface area contributed by atoms with Crippen molar-refractivity contribution in [3.05, 3.63) is 51.2 Å². The van der Waals surface area contributed by atoms with E-state index >= 15 is 0 Å². The van der Waals surface area contributed by atoms with Gasteiger partial charge in [-0.1, -0.05) is 17.7 Å². The lowest BCUT2D eigenvalue weighted by atomic mass is 10.3. The number of thiazole rings is 1. The van der Waals surface area contributed by atoms with Crippen LogP contribution in [0.25, 0.3) is 4.96 Å². The predicted molar refractivity (Wildman–Crippen MR) is 79.5 cm³/mol. The van der Waals surface area contributed by atoms with Gasteiger partial charge < -0.3 is 5.32 Å². The Morgan fingerprint density at radius 2 is 2.33 bits per heavy atom. The minimum absolute atomic E-state index is 0.674. The van der Waals surface area contributed by atoms with Crippen LogP contribution in [-0.2, 0) is 6.54 Å². The SMILES string of the molecule is Clc1cccc(NCc2cn3ccsc3n2)c1Br. The van der Waals surface area contributed by atoms with E-state index in [4.69, 9.17) is 11.6 Å². The van der Waals surface area contributed by atoms with Crippen LogP contribution in [0.1, 0.15) is 5.69 Å². The first-order chi connectivity index (χ1) is 8.74. The average molecular weight is 343 g/mol. The van der Waals surface area contributed by atoms with E-state index in [0.717, 1.165) is 20.8 Å². The van der Waals surface area contributed by atoms with Crippen LogP contribution in [-0.4, -0.2) is 9.38 Å². The van der Waals surface area contributed by atoms with Gasteiger partial charge in [0, 0.05) is 17.8 Å². The highest BCUT2D eigenvalue weighted by atomic mass is 79.9. The minimum Gasteiger partial charge on any atom is -0.378 e. The van der Waals surface area contributed by atoms with Crippen molar-refractivity contribution < 1.29 is 0 Å². The van der Waals surface area contributed by atoms with Crippen LogP contribution in [0.15, 0.2) is 40.4 Å². The van der Waals surface area contributed by atoms with Gasteiger partial charge in [0.1, 0.15) is 0 Å². The zero-order valence-corrected chi connectivity index (χ0v) is 12.4. The van der Waals surface area contributed by atoms with Crippen LogP contribution in [0, 0.1) is 0 Å². The van der Waals surface area contributed by atoms with Gasteiger partial charge >= 0.3 is 0 Å². The van der Waals surface area contributed by atoms with E-state index in [0.29, 0.717) is 11.6 Å². The van der Waals surface area contributed by atoms with E-state index < -0.39 is 0 Å². The number of hydrogen-bond donors (Lipinski definition) is 1. The van der Waals surface area contributed by atoms with Crippen LogP contribution in [0.2, 0.25) is 5.02 Å². The quantitative estimate of drug-likeness (QED) is 0.763. The highest BCUT2D eigenvalue weighted by molar-refractivity contribution is 9.10. The summed E-state index contributed by atoms with van der Waals surface area (Å²) >= 11 is 11.1. The first-order valence-electron chi connectivity index (χ1n) is 5.33. The summed E-state index contributed by atoms with van der Waals surface area (Å²) < 4.78 is 2.90. The molecule has 2 heterocycles. The molecule has 0 bridgehead atoms. The number of imidazole rings is 1. The Labute approximate surface area is 122 Å². The number of fused-ring (bicyclic) bond motifs is 1. The molecule has 0 saturated heterocycles. The summed E-state index contributed by atoms with van der Waals surface area (Å²) in [7, 11) is 0. The maximum atomic E-state index is 6.04. The molecule has 18 heavy (non-hydrogen) atoms. The summed E-state index contributed by atoms with van der Waals surface area (Å²) in [5.41, 5.74) is 1.98. The molecule has 0 aliphatic carbocycles. The Morgan fingerprint density at radius 1 is 1.44 bits per heavy atom. The van der Waals surface area contributed by atoms with E-state index in [1.807, 2.05) is 40.4 Å². The molecule has 3 aromatic rings. The van der Waals surface area contributed by atoms with Crippen molar-refractivity contribution in [1.82, 2.24) is 9.38 Å². The molecule has 0 amide bonds. The molecule has 2 aromatic heterocycles. The third kappa shape index (κ3) is 2.25. The third-order valence-electron chi connectivity index (χ3n) is 2.55. The van der Waals surface area contributed by atoms with Gasteiger partial charge in [-0.2, -0.15) is 0 Å². The van der Waals surface area contributed by atoms with Crippen molar-refractivity contribution in [2.45, 2.75) is 6.54 Å². The number of benzene rings is 1. The zero-order chi connectivity index (χ0) is 12.5. The number of nitrogens with zero attached hydrogens (tertiary/aromatic N) is 2. The van der Waals surface area contributed by atoms with Crippen molar-refractivity contribution in [2.24, 2.45) is 0 Å². The number of aromatic nitrogens is 2. The molecule has 1 N–H and O–H groups in total. The largest absolute Gasteiger partial charge is 0.378 e. The molecule has 3 nitrogen and oxygen atoms in total. The molecule has 6 heteroatoms. The molecular weight excluding hydrogens is 334 g/mol. The maximum Gasteiger partial charge on any atom is 0.193 e. The fourth-order valence-electron chi connectivity index (χ4n) is 1.69. The summed E-state index contributed by atoms with van der Waals surface area (Å²) in [4.78, 5) is 5.52. The first kappa shape index (κ1) is 12.0. The monoisotopic (exact) mass is 341 g/mol. The highest BCUT2D eigenvalue weighted by Gasteiger charge is 2.05. The van der Waals surface area contributed by atoms with Gasteiger partial charge in [-0.15, -0.1) is 11.3 Å². The molecular formula is C12H9BrClN3S. The maximum absolute atomic E-state index is 6.04. The minimum atomic E-state index is 0.674. The van der Waals surface area contributed by atoms with Gasteiger partial charge in [-0.25, -0.2) is 4.98 Å². The molecule has 0 aliphatic heterocycles. The Balaban J connectivity index is 1.78. The second-order valence-electron chi connectivity index (χ2n) is 3.78. The lowest BCUT2D eigenvalue weighted by Gasteiger charge is -2.07. The van der Waals surface area contributed by atoms with Gasteiger partial charge in [-0.3, -0.25) is 4.40 Å². The molecule has 1 aromatic carbocycles. The van der Waals surface area contributed by atoms with Crippen LogP contribution in [0.3, 0.4) is 0 Å². The summed E-state index contributed by atoms with van der Waals surface area (Å²) in [6.45, 7) is 0.674. The Morgan fingerprint density at radius 3 is 3.17 bits per heavy atom. The molecule has 0 spiro atoms. The fourth-order valence-corrected chi connectivity index (χ4v) is 2.99. The third-order valence-corrected chi connectivity index (χ3v) is 4.72. The second kappa shape index (κ2) is 4.91. The van der Waals surface area contributed by atoms with Crippen LogP contribution in [0.4, 0.5) is 5.69 Å². The van der Waals surface area contributed by atoms with Crippen molar-refractivity contribution in [3.63, 3.8) is 0 Å². The fraction of sp³-hybridized carbons (Fsp3) is 0.0833. The molecule has 0 unspecified atom stereocenters. The number of hydrogen-bond acceptors (Lipinski definition) is 3. The Bertz CT molecular complexity index is 663. The molecule has 0 saturated carbocycles. The number of nitrogens with one attached hydrogen (secondary N) is 1. The van der Waals surface area contributed by atoms with Gasteiger partial charge in [-0.05, 0) is 28.1 Å². The highest BCUT2D eigenvalue weighted by Crippen LogP contribution is 2.30. The van der Waals surface area contributed by atoms with E-state index in [1.165, 1.54) is 0 Å². The zero-order valence-electron chi connectivity index (χ0n) is 9.23. The predicted octanol–water partition coefficient (Wildman–Crippen LogP) is 4.42. The lowest BCUT2D eigenvalue weighted by molar-refractivity contribution is 1.08. The van der Waals surface area contributed by atoms with Crippen LogP contribution >= 0.6 is 38.9 Å². The first-order valence-corrected chi connectivity index (χ1v) is 7.38. The average Bonchev–Trinajstić information content (AvgIpc) is 2.91. The lowest BCUT2D eigenvalue weighted by Crippen LogP contribution is -2.00. The van der Waals surface area contributed by atoms with Gasteiger partial charge in [0.2, 0.25) is 0 Å². The normalized spacial score (nSPS) is 11.0. The molecule has 0 atom stereocenters. The van der Waals surface area contributed by atoms with Crippen molar-refractivity contribution in [3.8, 4) is 0 Å².